The lowest BCUT2D eigenvalue weighted by Gasteiger charge is -2.35. The Morgan fingerprint density at radius 2 is 1.28 bits per heavy atom. The first-order valence-corrected chi connectivity index (χ1v) is 12.0. The minimum absolute atomic E-state index is 0.155. The summed E-state index contributed by atoms with van der Waals surface area (Å²) in [6.45, 7) is 1.06. The average molecular weight is 522 g/mol. The monoisotopic (exact) mass is 522 g/mol. The highest BCUT2D eigenvalue weighted by molar-refractivity contribution is 8.32. The van der Waals surface area contributed by atoms with Gasteiger partial charge in [-0.3, -0.25) is 9.59 Å². The first-order valence-electron chi connectivity index (χ1n) is 8.02. The van der Waals surface area contributed by atoms with Crippen molar-refractivity contribution >= 4 is 32.0 Å². The smallest absolute Gasteiger partial charge is 0.294 e. The topological polar surface area (TPSA) is 77.5 Å². The fraction of sp³-hybridized carbons (Fsp3) is 0.500. The highest BCUT2D eigenvalue weighted by Crippen LogP contribution is 2.57. The van der Waals surface area contributed by atoms with Crippen molar-refractivity contribution in [3.8, 4) is 0 Å². The molecule has 0 radical (unpaired) electrons. The van der Waals surface area contributed by atoms with E-state index in [-0.39, 0.29) is 11.1 Å². The summed E-state index contributed by atoms with van der Waals surface area (Å²) >= 11 is 0. The van der Waals surface area contributed by atoms with Crippen LogP contribution in [0.1, 0.15) is 27.6 Å². The molecule has 1 rings (SSSR count). The van der Waals surface area contributed by atoms with Gasteiger partial charge in [0.1, 0.15) is 0 Å². The lowest BCUT2D eigenvalue weighted by atomic mass is 10.0. The maximum atomic E-state index is 13.8. The van der Waals surface area contributed by atoms with Crippen LogP contribution >= 0.6 is 10.3 Å². The number of hydrogen-bond acceptors (Lipinski definition) is 5. The van der Waals surface area contributed by atoms with Crippen LogP contribution in [0.4, 0.5) is 39.5 Å². The number of rotatable bonds is 9. The van der Waals surface area contributed by atoms with Gasteiger partial charge >= 0.3 is 33.4 Å². The average Bonchev–Trinajstić information content (AvgIpc) is 2.58. The first kappa shape index (κ1) is 28.2. The second-order valence-corrected chi connectivity index (χ2v) is 11.9. The van der Waals surface area contributed by atoms with Gasteiger partial charge in [-0.25, -0.2) is 3.63 Å². The zero-order valence-electron chi connectivity index (χ0n) is 16.3. The Labute approximate surface area is 177 Å². The Balaban J connectivity index is 3.29. The number of benzene rings is 1. The summed E-state index contributed by atoms with van der Waals surface area (Å²) in [7, 11) is -10.8. The number of alkyl halides is 9. The maximum absolute atomic E-state index is 13.8. The third-order valence-electron chi connectivity index (χ3n) is 3.79. The van der Waals surface area contributed by atoms with Crippen molar-refractivity contribution in [2.24, 2.45) is 0 Å². The molecular formula is C16H15F9O5S2. The van der Waals surface area contributed by atoms with Gasteiger partial charge < -0.3 is 0 Å². The van der Waals surface area contributed by atoms with Crippen LogP contribution in [0, 0.1) is 0 Å². The van der Waals surface area contributed by atoms with Gasteiger partial charge in [-0.15, -0.1) is 10.3 Å². The van der Waals surface area contributed by atoms with Crippen molar-refractivity contribution < 1.29 is 61.1 Å². The SMILES string of the molecule is CC(=O)c1ccccc1C(=O)CS(C)(C)OS(=O)(=O)C(F)(F)C(F)(F)C(F)(F)C(F)(F)F. The summed E-state index contributed by atoms with van der Waals surface area (Å²) < 4.78 is 144. The van der Waals surface area contributed by atoms with Gasteiger partial charge in [-0.2, -0.15) is 47.9 Å². The van der Waals surface area contributed by atoms with Gasteiger partial charge in [0.2, 0.25) is 0 Å². The van der Waals surface area contributed by atoms with Gasteiger partial charge in [-0.1, -0.05) is 24.3 Å². The minimum atomic E-state index is -7.45. The Hall–Kier alpha value is -1.81. The van der Waals surface area contributed by atoms with Crippen molar-refractivity contribution in [1.82, 2.24) is 0 Å². The first-order chi connectivity index (χ1) is 14.0. The summed E-state index contributed by atoms with van der Waals surface area (Å²) in [6.07, 6.45) is -5.84. The van der Waals surface area contributed by atoms with Gasteiger partial charge in [0.25, 0.3) is 0 Å². The van der Waals surface area contributed by atoms with E-state index in [0.717, 1.165) is 13.0 Å². The van der Waals surface area contributed by atoms with E-state index in [1.165, 1.54) is 18.2 Å². The van der Waals surface area contributed by atoms with Crippen LogP contribution in [-0.2, 0) is 13.7 Å². The summed E-state index contributed by atoms with van der Waals surface area (Å²) in [5, 5.41) is -7.02. The highest BCUT2D eigenvalue weighted by Gasteiger charge is 2.86. The van der Waals surface area contributed by atoms with Gasteiger partial charge in [0.15, 0.2) is 11.6 Å². The maximum Gasteiger partial charge on any atom is 0.460 e. The van der Waals surface area contributed by atoms with E-state index < -0.39 is 61.0 Å². The molecule has 32 heavy (non-hydrogen) atoms. The molecule has 0 aliphatic carbocycles. The van der Waals surface area contributed by atoms with Crippen LogP contribution in [0.5, 0.6) is 0 Å². The molecule has 0 heterocycles. The molecule has 5 nitrogen and oxygen atoms in total. The molecule has 0 fully saturated rings. The van der Waals surface area contributed by atoms with Crippen LogP contribution < -0.4 is 0 Å². The number of ketones is 2. The van der Waals surface area contributed by atoms with E-state index in [0.29, 0.717) is 12.5 Å². The molecule has 0 atom stereocenters. The predicted molar refractivity (Wildman–Crippen MR) is 96.0 cm³/mol. The number of carbonyl (C=O) groups excluding carboxylic acids is 2. The summed E-state index contributed by atoms with van der Waals surface area (Å²) in [5.74, 6) is -17.6. The van der Waals surface area contributed by atoms with Crippen LogP contribution in [0.2, 0.25) is 0 Å². The van der Waals surface area contributed by atoms with E-state index >= 15 is 0 Å². The molecule has 0 aliphatic rings. The lowest BCUT2D eigenvalue weighted by Crippen LogP contribution is -2.63. The van der Waals surface area contributed by atoms with Gasteiger partial charge in [0.05, 0.1) is 5.75 Å². The van der Waals surface area contributed by atoms with Crippen molar-refractivity contribution in [3.05, 3.63) is 35.4 Å². The van der Waals surface area contributed by atoms with Crippen LogP contribution in [0.25, 0.3) is 0 Å². The van der Waals surface area contributed by atoms with E-state index in [9.17, 15) is 57.5 Å². The molecule has 0 bridgehead atoms. The molecule has 184 valence electrons. The summed E-state index contributed by atoms with van der Waals surface area (Å²) in [6, 6.07) is 4.95. The summed E-state index contributed by atoms with van der Waals surface area (Å²) in [4.78, 5) is 24.0. The zero-order chi connectivity index (χ0) is 25.6. The van der Waals surface area contributed by atoms with Crippen molar-refractivity contribution in [2.45, 2.75) is 30.2 Å². The molecular weight excluding hydrogens is 507 g/mol. The van der Waals surface area contributed by atoms with Gasteiger partial charge in [-0.05, 0) is 19.4 Å². The van der Waals surface area contributed by atoms with E-state index in [1.54, 1.807) is 0 Å². The molecule has 0 amide bonds. The normalized spacial score (nSPS) is 14.9. The third kappa shape index (κ3) is 5.06. The van der Waals surface area contributed by atoms with Gasteiger partial charge in [0, 0.05) is 11.1 Å². The Bertz CT molecular complexity index is 1000. The quantitative estimate of drug-likeness (QED) is 0.343. The lowest BCUT2D eigenvalue weighted by molar-refractivity contribution is -0.382. The number of hydrogen-bond donors (Lipinski definition) is 0. The van der Waals surface area contributed by atoms with Crippen LogP contribution in [-0.4, -0.2) is 61.5 Å². The molecule has 1 aromatic carbocycles. The minimum Gasteiger partial charge on any atom is -0.294 e. The van der Waals surface area contributed by atoms with E-state index in [1.807, 2.05) is 0 Å². The van der Waals surface area contributed by atoms with Crippen LogP contribution in [0.3, 0.4) is 0 Å². The summed E-state index contributed by atoms with van der Waals surface area (Å²) in [5.41, 5.74) is -0.459. The standard InChI is InChI=1S/C16H15F9O5S2/c1-9(26)10-6-4-5-7-11(10)12(27)8-31(2,3)30-32(28,29)16(24,25)14(19,20)13(17,18)15(21,22)23/h4-7H,8H2,1-3H3. The molecule has 0 N–H and O–H groups in total. The highest BCUT2D eigenvalue weighted by atomic mass is 32.3. The second-order valence-electron chi connectivity index (χ2n) is 6.79. The van der Waals surface area contributed by atoms with Crippen molar-refractivity contribution in [2.75, 3.05) is 18.3 Å². The van der Waals surface area contributed by atoms with Crippen LogP contribution in [0.15, 0.2) is 24.3 Å². The number of carbonyl (C=O) groups is 2. The van der Waals surface area contributed by atoms with Crippen molar-refractivity contribution in [3.63, 3.8) is 0 Å². The molecule has 0 unspecified atom stereocenters. The zero-order valence-corrected chi connectivity index (χ0v) is 17.9. The fourth-order valence-electron chi connectivity index (χ4n) is 2.25. The molecule has 0 aromatic heterocycles. The number of halogens is 9. The fourth-order valence-corrected chi connectivity index (χ4v) is 5.96. The Morgan fingerprint density at radius 1 is 0.844 bits per heavy atom. The van der Waals surface area contributed by atoms with Crippen molar-refractivity contribution in [1.29, 1.82) is 0 Å². The third-order valence-corrected chi connectivity index (χ3v) is 7.82. The molecule has 0 saturated heterocycles. The number of Topliss-reactive ketones (excluding diaryl/α,β-unsaturated/α-hetero) is 2. The van der Waals surface area contributed by atoms with E-state index in [2.05, 4.69) is 3.63 Å². The Kier molecular flexibility index (Phi) is 7.51. The molecule has 0 saturated carbocycles. The molecule has 0 spiro atoms. The molecule has 16 heteroatoms. The predicted octanol–water partition coefficient (Wildman–Crippen LogP) is 4.82. The Morgan fingerprint density at radius 3 is 1.69 bits per heavy atom. The molecule has 0 aliphatic heterocycles. The molecule has 1 aromatic rings. The van der Waals surface area contributed by atoms with E-state index in [4.69, 9.17) is 0 Å². The largest absolute Gasteiger partial charge is 0.460 e. The second kappa shape index (κ2) is 8.52.